The third-order valence-corrected chi connectivity index (χ3v) is 4.45. The molecule has 1 aliphatic carbocycles. The molecule has 1 spiro atoms. The number of ether oxygens (including phenoxy) is 1. The van der Waals surface area contributed by atoms with Gasteiger partial charge >= 0.3 is 0 Å². The highest BCUT2D eigenvalue weighted by atomic mass is 79.9. The molecule has 0 bridgehead atoms. The average Bonchev–Trinajstić information content (AvgIpc) is 2.78. The molecule has 92 valence electrons. The van der Waals surface area contributed by atoms with Crippen LogP contribution in [0.15, 0.2) is 28.7 Å². The normalized spacial score (nSPS) is 27.5. The predicted octanol–water partition coefficient (Wildman–Crippen LogP) is 3.42. The molecule has 17 heavy (non-hydrogen) atoms. The lowest BCUT2D eigenvalue weighted by Gasteiger charge is -2.39. The highest BCUT2D eigenvalue weighted by molar-refractivity contribution is 9.10. The molecule has 3 rings (SSSR count). The quantitative estimate of drug-likeness (QED) is 0.857. The lowest BCUT2D eigenvalue weighted by Crippen LogP contribution is -2.49. The Kier molecular flexibility index (Phi) is 3.24. The van der Waals surface area contributed by atoms with Crippen LogP contribution in [-0.4, -0.2) is 18.7 Å². The highest BCUT2D eigenvalue weighted by Crippen LogP contribution is 2.39. The summed E-state index contributed by atoms with van der Waals surface area (Å²) in [5, 5.41) is 3.54. The summed E-state index contributed by atoms with van der Waals surface area (Å²) < 4.78 is 7.51. The van der Waals surface area contributed by atoms with Crippen LogP contribution in [-0.2, 0) is 4.74 Å². The van der Waals surface area contributed by atoms with Gasteiger partial charge in [-0.05, 0) is 30.5 Å². The topological polar surface area (TPSA) is 21.3 Å². The van der Waals surface area contributed by atoms with E-state index in [9.17, 15) is 0 Å². The third kappa shape index (κ3) is 2.42. The molecule has 1 aromatic rings. The summed E-state index contributed by atoms with van der Waals surface area (Å²) in [6, 6.07) is 8.50. The number of benzene rings is 1. The summed E-state index contributed by atoms with van der Waals surface area (Å²) in [5.74, 6) is 0. The monoisotopic (exact) mass is 295 g/mol. The van der Waals surface area contributed by atoms with Crippen LogP contribution in [0.2, 0.25) is 0 Å². The Morgan fingerprint density at radius 1 is 1.18 bits per heavy atom. The van der Waals surface area contributed by atoms with Crippen molar-refractivity contribution in [2.45, 2.75) is 37.4 Å². The molecule has 2 aliphatic rings. The zero-order chi connectivity index (χ0) is 11.7. The van der Waals surface area contributed by atoms with Gasteiger partial charge in [-0.3, -0.25) is 0 Å². The fourth-order valence-corrected chi connectivity index (χ4v) is 3.26. The molecule has 0 aromatic heterocycles. The first-order chi connectivity index (χ1) is 8.27. The molecular weight excluding hydrogens is 278 g/mol. The molecule has 0 radical (unpaired) electrons. The molecule has 1 saturated carbocycles. The zero-order valence-electron chi connectivity index (χ0n) is 9.92. The SMILES string of the molecule is Brc1ccc(C2CNCC3(CCCC3)O2)cc1. The minimum atomic E-state index is 0.121. The van der Waals surface area contributed by atoms with Crippen molar-refractivity contribution >= 4 is 15.9 Å². The molecule has 1 saturated heterocycles. The molecular formula is C14H18BrNO. The Morgan fingerprint density at radius 2 is 1.88 bits per heavy atom. The number of halogens is 1. The van der Waals surface area contributed by atoms with Crippen LogP contribution < -0.4 is 5.32 Å². The van der Waals surface area contributed by atoms with Gasteiger partial charge in [-0.25, -0.2) is 0 Å². The standard InChI is InChI=1S/C14H18BrNO/c15-12-5-3-11(4-6-12)13-9-16-10-14(17-13)7-1-2-8-14/h3-6,13,16H,1-2,7-10H2. The molecule has 1 atom stereocenters. The average molecular weight is 296 g/mol. The Bertz CT molecular complexity index is 384. The van der Waals surface area contributed by atoms with Crippen molar-refractivity contribution in [2.24, 2.45) is 0 Å². The second kappa shape index (κ2) is 4.71. The van der Waals surface area contributed by atoms with E-state index in [1.165, 1.54) is 31.2 Å². The Hall–Kier alpha value is -0.380. The van der Waals surface area contributed by atoms with Crippen molar-refractivity contribution in [2.75, 3.05) is 13.1 Å². The van der Waals surface area contributed by atoms with Gasteiger partial charge in [0, 0.05) is 17.6 Å². The van der Waals surface area contributed by atoms with Gasteiger partial charge in [0.2, 0.25) is 0 Å². The number of hydrogen-bond acceptors (Lipinski definition) is 2. The summed E-state index contributed by atoms with van der Waals surface area (Å²) in [7, 11) is 0. The van der Waals surface area contributed by atoms with Gasteiger partial charge in [-0.1, -0.05) is 40.9 Å². The van der Waals surface area contributed by atoms with E-state index in [2.05, 4.69) is 45.5 Å². The van der Waals surface area contributed by atoms with Gasteiger partial charge in [0.05, 0.1) is 11.7 Å². The van der Waals surface area contributed by atoms with E-state index in [1.807, 2.05) is 0 Å². The van der Waals surface area contributed by atoms with Crippen molar-refractivity contribution in [3.63, 3.8) is 0 Å². The van der Waals surface area contributed by atoms with Crippen LogP contribution in [0.4, 0.5) is 0 Å². The van der Waals surface area contributed by atoms with E-state index in [-0.39, 0.29) is 11.7 Å². The smallest absolute Gasteiger partial charge is 0.0957 e. The Balaban J connectivity index is 1.77. The first-order valence-electron chi connectivity index (χ1n) is 6.41. The molecule has 1 aromatic carbocycles. The Morgan fingerprint density at radius 3 is 2.59 bits per heavy atom. The maximum absolute atomic E-state index is 6.38. The zero-order valence-corrected chi connectivity index (χ0v) is 11.5. The first-order valence-corrected chi connectivity index (χ1v) is 7.21. The van der Waals surface area contributed by atoms with Crippen molar-refractivity contribution in [1.82, 2.24) is 5.32 Å². The number of nitrogens with one attached hydrogen (secondary N) is 1. The van der Waals surface area contributed by atoms with E-state index in [4.69, 9.17) is 4.74 Å². The largest absolute Gasteiger partial charge is 0.364 e. The van der Waals surface area contributed by atoms with Gasteiger partial charge in [0.1, 0.15) is 0 Å². The molecule has 2 fully saturated rings. The lowest BCUT2D eigenvalue weighted by molar-refractivity contribution is -0.114. The van der Waals surface area contributed by atoms with E-state index < -0.39 is 0 Å². The summed E-state index contributed by atoms with van der Waals surface area (Å²) >= 11 is 3.47. The third-order valence-electron chi connectivity index (χ3n) is 3.93. The van der Waals surface area contributed by atoms with E-state index in [0.29, 0.717) is 0 Å². The first kappa shape index (κ1) is 11.7. The summed E-state index contributed by atoms with van der Waals surface area (Å²) in [4.78, 5) is 0. The maximum Gasteiger partial charge on any atom is 0.0957 e. The van der Waals surface area contributed by atoms with Crippen LogP contribution in [0, 0.1) is 0 Å². The maximum atomic E-state index is 6.38. The number of hydrogen-bond donors (Lipinski definition) is 1. The summed E-state index contributed by atoms with van der Waals surface area (Å²) in [6.07, 6.45) is 5.28. The summed E-state index contributed by atoms with van der Waals surface area (Å²) in [5.41, 5.74) is 1.40. The van der Waals surface area contributed by atoms with Crippen LogP contribution >= 0.6 is 15.9 Å². The minimum Gasteiger partial charge on any atom is -0.364 e. The Labute approximate surface area is 111 Å². The van der Waals surface area contributed by atoms with Gasteiger partial charge in [0.25, 0.3) is 0 Å². The van der Waals surface area contributed by atoms with E-state index in [0.717, 1.165) is 17.6 Å². The van der Waals surface area contributed by atoms with Crippen molar-refractivity contribution in [1.29, 1.82) is 0 Å². The lowest BCUT2D eigenvalue weighted by atomic mass is 9.97. The van der Waals surface area contributed by atoms with Crippen LogP contribution in [0.5, 0.6) is 0 Å². The molecule has 1 N–H and O–H groups in total. The van der Waals surface area contributed by atoms with Gasteiger partial charge < -0.3 is 10.1 Å². The van der Waals surface area contributed by atoms with Crippen LogP contribution in [0.3, 0.4) is 0 Å². The van der Waals surface area contributed by atoms with Crippen molar-refractivity contribution in [3.05, 3.63) is 34.3 Å². The second-order valence-electron chi connectivity index (χ2n) is 5.18. The molecule has 0 amide bonds. The van der Waals surface area contributed by atoms with Crippen molar-refractivity contribution in [3.8, 4) is 0 Å². The number of rotatable bonds is 1. The molecule has 1 unspecified atom stereocenters. The fraction of sp³-hybridized carbons (Fsp3) is 0.571. The van der Waals surface area contributed by atoms with Gasteiger partial charge in [-0.15, -0.1) is 0 Å². The van der Waals surface area contributed by atoms with Gasteiger partial charge in [0.15, 0.2) is 0 Å². The predicted molar refractivity (Wildman–Crippen MR) is 72.0 cm³/mol. The van der Waals surface area contributed by atoms with Crippen LogP contribution in [0.1, 0.15) is 37.4 Å². The van der Waals surface area contributed by atoms with Gasteiger partial charge in [-0.2, -0.15) is 0 Å². The molecule has 3 heteroatoms. The molecule has 1 aliphatic heterocycles. The minimum absolute atomic E-state index is 0.121. The van der Waals surface area contributed by atoms with Crippen molar-refractivity contribution < 1.29 is 4.74 Å². The van der Waals surface area contributed by atoms with E-state index >= 15 is 0 Å². The molecule has 2 nitrogen and oxygen atoms in total. The molecule has 1 heterocycles. The van der Waals surface area contributed by atoms with Crippen LogP contribution in [0.25, 0.3) is 0 Å². The van der Waals surface area contributed by atoms with E-state index in [1.54, 1.807) is 0 Å². The second-order valence-corrected chi connectivity index (χ2v) is 6.09. The highest BCUT2D eigenvalue weighted by Gasteiger charge is 2.39. The summed E-state index contributed by atoms with van der Waals surface area (Å²) in [6.45, 7) is 1.96. The number of morpholine rings is 1. The fourth-order valence-electron chi connectivity index (χ4n) is 2.99.